The minimum Gasteiger partial charge on any atom is -0.507 e. The van der Waals surface area contributed by atoms with Crippen LogP contribution in [0.3, 0.4) is 0 Å². The Morgan fingerprint density at radius 2 is 2.00 bits per heavy atom. The van der Waals surface area contributed by atoms with Crippen LogP contribution in [0.15, 0.2) is 47.6 Å². The number of para-hydroxylation sites is 1. The molecule has 0 unspecified atom stereocenters. The number of nitrogens with zero attached hydrogens (tertiary/aromatic N) is 1. The molecule has 22 heavy (non-hydrogen) atoms. The smallest absolute Gasteiger partial charge is 0.275 e. The lowest BCUT2D eigenvalue weighted by Crippen LogP contribution is -2.17. The number of ether oxygens (including phenoxy) is 1. The van der Waals surface area contributed by atoms with Crippen molar-refractivity contribution in [3.63, 3.8) is 0 Å². The number of nitrogens with one attached hydrogen (secondary N) is 1. The summed E-state index contributed by atoms with van der Waals surface area (Å²) in [6, 6.07) is 10.9. The number of carbonyl (C=O) groups excluding carboxylic acids is 1. The quantitative estimate of drug-likeness (QED) is 0.583. The van der Waals surface area contributed by atoms with Crippen LogP contribution in [0, 0.1) is 0 Å². The molecule has 0 fully saturated rings. The molecule has 6 heteroatoms. The summed E-state index contributed by atoms with van der Waals surface area (Å²) < 4.78 is 5.25. The molecule has 0 atom stereocenters. The van der Waals surface area contributed by atoms with E-state index in [0.717, 1.165) is 0 Å². The van der Waals surface area contributed by atoms with Crippen LogP contribution in [0.4, 0.5) is 0 Å². The molecule has 0 radical (unpaired) electrons. The highest BCUT2D eigenvalue weighted by atomic mass is 16.5. The largest absolute Gasteiger partial charge is 0.507 e. The summed E-state index contributed by atoms with van der Waals surface area (Å²) >= 11 is 0. The zero-order chi connectivity index (χ0) is 15.9. The normalized spacial score (nSPS) is 10.6. The van der Waals surface area contributed by atoms with E-state index in [1.165, 1.54) is 24.4 Å². The van der Waals surface area contributed by atoms with Crippen molar-refractivity contribution in [3.05, 3.63) is 53.6 Å². The number of benzene rings is 2. The van der Waals surface area contributed by atoms with Gasteiger partial charge in [0.05, 0.1) is 18.4 Å². The molecule has 3 N–H and O–H groups in total. The van der Waals surface area contributed by atoms with Gasteiger partial charge in [-0.3, -0.25) is 4.79 Å². The summed E-state index contributed by atoms with van der Waals surface area (Å²) in [5.41, 5.74) is 2.84. The number of aromatic hydroxyl groups is 2. The van der Waals surface area contributed by atoms with Crippen molar-refractivity contribution in [2.45, 2.75) is 6.92 Å². The molecule has 0 aliphatic rings. The van der Waals surface area contributed by atoms with Gasteiger partial charge in [-0.15, -0.1) is 0 Å². The molecule has 0 aromatic heterocycles. The number of rotatable bonds is 5. The van der Waals surface area contributed by atoms with Gasteiger partial charge in [0.25, 0.3) is 5.91 Å². The van der Waals surface area contributed by atoms with Gasteiger partial charge in [-0.25, -0.2) is 5.43 Å². The Labute approximate surface area is 127 Å². The molecular weight excluding hydrogens is 284 g/mol. The minimum absolute atomic E-state index is 0.00786. The van der Waals surface area contributed by atoms with E-state index in [0.29, 0.717) is 17.9 Å². The SMILES string of the molecule is CCOc1ccc(C=NNC(=O)c2ccccc2O)c(O)c1. The highest BCUT2D eigenvalue weighted by Gasteiger charge is 2.08. The lowest BCUT2D eigenvalue weighted by Gasteiger charge is -2.05. The number of amides is 1. The summed E-state index contributed by atoms with van der Waals surface area (Å²) in [6.07, 6.45) is 1.31. The Balaban J connectivity index is 2.04. The summed E-state index contributed by atoms with van der Waals surface area (Å²) in [5.74, 6) is -0.124. The van der Waals surface area contributed by atoms with Crippen molar-refractivity contribution in [1.82, 2.24) is 5.43 Å². The molecule has 0 saturated heterocycles. The minimum atomic E-state index is -0.542. The first-order valence-electron chi connectivity index (χ1n) is 6.69. The third kappa shape index (κ3) is 3.76. The maximum atomic E-state index is 11.8. The average molecular weight is 300 g/mol. The maximum absolute atomic E-state index is 11.8. The van der Waals surface area contributed by atoms with E-state index in [1.54, 1.807) is 24.3 Å². The van der Waals surface area contributed by atoms with Gasteiger partial charge in [-0.1, -0.05) is 12.1 Å². The Morgan fingerprint density at radius 3 is 2.68 bits per heavy atom. The fraction of sp³-hybridized carbons (Fsp3) is 0.125. The maximum Gasteiger partial charge on any atom is 0.275 e. The number of hydrogen-bond donors (Lipinski definition) is 3. The Bertz CT molecular complexity index is 698. The van der Waals surface area contributed by atoms with E-state index in [-0.39, 0.29) is 17.1 Å². The van der Waals surface area contributed by atoms with Crippen molar-refractivity contribution >= 4 is 12.1 Å². The van der Waals surface area contributed by atoms with Crippen molar-refractivity contribution in [2.75, 3.05) is 6.61 Å². The van der Waals surface area contributed by atoms with Crippen LogP contribution in [-0.4, -0.2) is 28.9 Å². The number of hydrogen-bond acceptors (Lipinski definition) is 5. The Hall–Kier alpha value is -3.02. The third-order valence-electron chi connectivity index (χ3n) is 2.83. The predicted molar refractivity (Wildman–Crippen MR) is 82.4 cm³/mol. The molecule has 6 nitrogen and oxygen atoms in total. The van der Waals surface area contributed by atoms with Gasteiger partial charge in [-0.2, -0.15) is 5.10 Å². The van der Waals surface area contributed by atoms with Crippen LogP contribution in [-0.2, 0) is 0 Å². The van der Waals surface area contributed by atoms with Crippen molar-refractivity contribution in [2.24, 2.45) is 5.10 Å². The second kappa shape index (κ2) is 7.12. The molecule has 1 amide bonds. The first kappa shape index (κ1) is 15.4. The highest BCUT2D eigenvalue weighted by molar-refractivity contribution is 5.97. The average Bonchev–Trinajstić information content (AvgIpc) is 2.50. The number of hydrazone groups is 1. The van der Waals surface area contributed by atoms with E-state index in [1.807, 2.05) is 6.92 Å². The zero-order valence-corrected chi connectivity index (χ0v) is 12.0. The molecule has 0 spiro atoms. The van der Waals surface area contributed by atoms with E-state index < -0.39 is 5.91 Å². The van der Waals surface area contributed by atoms with Crippen molar-refractivity contribution < 1.29 is 19.7 Å². The van der Waals surface area contributed by atoms with E-state index >= 15 is 0 Å². The molecule has 0 heterocycles. The number of phenols is 2. The van der Waals surface area contributed by atoms with Gasteiger partial charge < -0.3 is 14.9 Å². The fourth-order valence-electron chi connectivity index (χ4n) is 1.78. The first-order chi connectivity index (χ1) is 10.6. The molecule has 2 aromatic carbocycles. The topological polar surface area (TPSA) is 91.2 Å². The predicted octanol–water partition coefficient (Wildman–Crippen LogP) is 2.26. The van der Waals surface area contributed by atoms with Gasteiger partial charge in [0.1, 0.15) is 17.2 Å². The number of phenolic OH excluding ortho intramolecular Hbond substituents is 2. The van der Waals surface area contributed by atoms with Gasteiger partial charge in [0.15, 0.2) is 0 Å². The van der Waals surface area contributed by atoms with Crippen LogP contribution < -0.4 is 10.2 Å². The second-order valence-electron chi connectivity index (χ2n) is 4.37. The van der Waals surface area contributed by atoms with Crippen LogP contribution in [0.2, 0.25) is 0 Å². The lowest BCUT2D eigenvalue weighted by atomic mass is 10.2. The van der Waals surface area contributed by atoms with Crippen LogP contribution in [0.1, 0.15) is 22.8 Å². The molecule has 2 aromatic rings. The second-order valence-corrected chi connectivity index (χ2v) is 4.37. The van der Waals surface area contributed by atoms with E-state index in [2.05, 4.69) is 10.5 Å². The van der Waals surface area contributed by atoms with Gasteiger partial charge in [0.2, 0.25) is 0 Å². The summed E-state index contributed by atoms with van der Waals surface area (Å²) in [6.45, 7) is 2.35. The standard InChI is InChI=1S/C16H16N2O4/c1-2-22-12-8-7-11(15(20)9-12)10-17-18-16(21)13-5-3-4-6-14(13)19/h3-10,19-20H,2H2,1H3,(H,18,21). The third-order valence-corrected chi connectivity index (χ3v) is 2.83. The molecular formula is C16H16N2O4. The first-order valence-corrected chi connectivity index (χ1v) is 6.69. The highest BCUT2D eigenvalue weighted by Crippen LogP contribution is 2.22. The summed E-state index contributed by atoms with van der Waals surface area (Å²) in [7, 11) is 0. The van der Waals surface area contributed by atoms with E-state index in [4.69, 9.17) is 4.74 Å². The zero-order valence-electron chi connectivity index (χ0n) is 12.0. The lowest BCUT2D eigenvalue weighted by molar-refractivity contribution is 0.0952. The Kier molecular flexibility index (Phi) is 4.98. The fourth-order valence-corrected chi connectivity index (χ4v) is 1.78. The summed E-state index contributed by atoms with van der Waals surface area (Å²) in [4.78, 5) is 11.8. The van der Waals surface area contributed by atoms with Crippen LogP contribution in [0.25, 0.3) is 0 Å². The Morgan fingerprint density at radius 1 is 1.23 bits per heavy atom. The summed E-state index contributed by atoms with van der Waals surface area (Å²) in [5, 5.41) is 23.1. The molecule has 114 valence electrons. The van der Waals surface area contributed by atoms with Gasteiger partial charge in [0, 0.05) is 11.6 Å². The molecule has 0 aliphatic heterocycles. The molecule has 2 rings (SSSR count). The molecule has 0 saturated carbocycles. The van der Waals surface area contributed by atoms with Crippen molar-refractivity contribution in [3.8, 4) is 17.2 Å². The van der Waals surface area contributed by atoms with Crippen LogP contribution >= 0.6 is 0 Å². The van der Waals surface area contributed by atoms with E-state index in [9.17, 15) is 15.0 Å². The number of carbonyl (C=O) groups is 1. The van der Waals surface area contributed by atoms with Gasteiger partial charge >= 0.3 is 0 Å². The van der Waals surface area contributed by atoms with Crippen LogP contribution in [0.5, 0.6) is 17.2 Å². The van der Waals surface area contributed by atoms with Gasteiger partial charge in [-0.05, 0) is 31.2 Å². The molecule has 0 aliphatic carbocycles. The monoisotopic (exact) mass is 300 g/mol. The molecule has 0 bridgehead atoms. The van der Waals surface area contributed by atoms with Crippen molar-refractivity contribution in [1.29, 1.82) is 0 Å².